The smallest absolute Gasteiger partial charge is 0.203 e. The van der Waals surface area contributed by atoms with Crippen molar-refractivity contribution >= 4 is 17.3 Å². The zero-order chi connectivity index (χ0) is 12.3. The van der Waals surface area contributed by atoms with Crippen molar-refractivity contribution in [2.75, 3.05) is 5.32 Å². The van der Waals surface area contributed by atoms with Gasteiger partial charge in [0.15, 0.2) is 0 Å². The average Bonchev–Trinajstić information content (AvgIpc) is 2.87. The van der Waals surface area contributed by atoms with Crippen LogP contribution in [0.15, 0.2) is 29.2 Å². The van der Waals surface area contributed by atoms with Gasteiger partial charge in [-0.3, -0.25) is 0 Å². The summed E-state index contributed by atoms with van der Waals surface area (Å²) in [6.07, 6.45) is 4.95. The predicted molar refractivity (Wildman–Crippen MR) is 73.7 cm³/mol. The normalized spacial score (nSPS) is 12.9. The zero-order valence-corrected chi connectivity index (χ0v) is 11.4. The fourth-order valence-electron chi connectivity index (χ4n) is 1.89. The molecule has 17 heavy (non-hydrogen) atoms. The molecule has 0 saturated carbocycles. The third kappa shape index (κ3) is 3.09. The van der Waals surface area contributed by atoms with E-state index < -0.39 is 0 Å². The highest BCUT2D eigenvalue weighted by molar-refractivity contribution is 7.07. The molecule has 0 aliphatic heterocycles. The monoisotopic (exact) mass is 249 g/mol. The summed E-state index contributed by atoms with van der Waals surface area (Å²) in [4.78, 5) is 4.36. The van der Waals surface area contributed by atoms with Crippen LogP contribution in [0.4, 0.5) is 5.95 Å². The molecule has 0 radical (unpaired) electrons. The highest BCUT2D eigenvalue weighted by Gasteiger charge is 2.11. The summed E-state index contributed by atoms with van der Waals surface area (Å²) < 4.78 is 2.21. The summed E-state index contributed by atoms with van der Waals surface area (Å²) in [5, 5.41) is 7.71. The van der Waals surface area contributed by atoms with Crippen LogP contribution >= 0.6 is 11.3 Å². The van der Waals surface area contributed by atoms with Crippen molar-refractivity contribution in [3.8, 4) is 0 Å². The molecule has 3 nitrogen and oxygen atoms in total. The molecule has 0 amide bonds. The van der Waals surface area contributed by atoms with Gasteiger partial charge in [0.2, 0.25) is 5.95 Å². The van der Waals surface area contributed by atoms with Crippen molar-refractivity contribution in [1.82, 2.24) is 9.55 Å². The first-order valence-corrected chi connectivity index (χ1v) is 6.91. The molecule has 0 spiro atoms. The number of hydrogen-bond acceptors (Lipinski definition) is 3. The molecule has 0 fully saturated rings. The summed E-state index contributed by atoms with van der Waals surface area (Å²) in [5.41, 5.74) is 1.40. The number of imidazole rings is 1. The van der Waals surface area contributed by atoms with E-state index in [1.54, 1.807) is 11.3 Å². The third-order valence-corrected chi connectivity index (χ3v) is 3.40. The van der Waals surface area contributed by atoms with Gasteiger partial charge in [0.1, 0.15) is 0 Å². The number of hydrogen-bond donors (Lipinski definition) is 1. The highest BCUT2D eigenvalue weighted by atomic mass is 32.1. The van der Waals surface area contributed by atoms with Crippen LogP contribution in [0.5, 0.6) is 0 Å². The van der Waals surface area contributed by atoms with E-state index in [4.69, 9.17) is 0 Å². The Morgan fingerprint density at radius 2 is 2.24 bits per heavy atom. The van der Waals surface area contributed by atoms with Crippen molar-refractivity contribution in [3.63, 3.8) is 0 Å². The maximum atomic E-state index is 4.36. The number of anilines is 1. The van der Waals surface area contributed by atoms with Gasteiger partial charge in [-0.05, 0) is 49.6 Å². The molecule has 2 heterocycles. The Labute approximate surface area is 107 Å². The Morgan fingerprint density at radius 3 is 2.88 bits per heavy atom. The van der Waals surface area contributed by atoms with E-state index in [0.717, 1.165) is 12.4 Å². The average molecular weight is 249 g/mol. The molecule has 2 aromatic heterocycles. The molecule has 0 aliphatic carbocycles. The summed E-state index contributed by atoms with van der Waals surface area (Å²) >= 11 is 1.75. The summed E-state index contributed by atoms with van der Waals surface area (Å²) in [6.45, 7) is 6.48. The van der Waals surface area contributed by atoms with Crippen LogP contribution in [0.25, 0.3) is 0 Å². The molecule has 2 aromatic rings. The Bertz CT molecular complexity index is 445. The minimum absolute atomic E-state index is 0.407. The summed E-state index contributed by atoms with van der Waals surface area (Å²) in [7, 11) is 0. The Hall–Kier alpha value is -1.29. The standard InChI is InChI=1S/C13H19N3S/c1-10(2)15-13-14-5-6-16(13)11(3)8-12-4-7-17-9-12/h4-7,9-11H,8H2,1-3H3,(H,14,15). The van der Waals surface area contributed by atoms with Crippen LogP contribution in [0.2, 0.25) is 0 Å². The fourth-order valence-corrected chi connectivity index (χ4v) is 2.57. The minimum Gasteiger partial charge on any atom is -0.353 e. The Morgan fingerprint density at radius 1 is 1.41 bits per heavy atom. The number of rotatable bonds is 5. The second-order valence-electron chi connectivity index (χ2n) is 4.64. The first kappa shape index (κ1) is 12.2. The third-order valence-electron chi connectivity index (χ3n) is 2.67. The highest BCUT2D eigenvalue weighted by Crippen LogP contribution is 2.20. The largest absolute Gasteiger partial charge is 0.353 e. The van der Waals surface area contributed by atoms with E-state index in [1.807, 2.05) is 12.4 Å². The lowest BCUT2D eigenvalue weighted by atomic mass is 10.1. The lowest BCUT2D eigenvalue weighted by molar-refractivity contribution is 0.547. The van der Waals surface area contributed by atoms with Gasteiger partial charge in [0, 0.05) is 24.5 Å². The molecular weight excluding hydrogens is 230 g/mol. The molecule has 0 aromatic carbocycles. The van der Waals surface area contributed by atoms with Crippen LogP contribution in [0, 0.1) is 0 Å². The van der Waals surface area contributed by atoms with Crippen molar-refractivity contribution in [2.45, 2.75) is 39.3 Å². The Kier molecular flexibility index (Phi) is 3.84. The molecule has 1 atom stereocenters. The fraction of sp³-hybridized carbons (Fsp3) is 0.462. The van der Waals surface area contributed by atoms with E-state index in [9.17, 15) is 0 Å². The van der Waals surface area contributed by atoms with E-state index in [-0.39, 0.29) is 0 Å². The quantitative estimate of drug-likeness (QED) is 0.878. The summed E-state index contributed by atoms with van der Waals surface area (Å²) in [5.74, 6) is 0.961. The first-order valence-electron chi connectivity index (χ1n) is 5.97. The molecule has 0 aliphatic rings. The number of thiophene rings is 1. The van der Waals surface area contributed by atoms with Crippen LogP contribution in [-0.2, 0) is 6.42 Å². The maximum Gasteiger partial charge on any atom is 0.203 e. The number of nitrogens with zero attached hydrogens (tertiary/aromatic N) is 2. The van der Waals surface area contributed by atoms with E-state index in [0.29, 0.717) is 12.1 Å². The van der Waals surface area contributed by atoms with Crippen molar-refractivity contribution in [1.29, 1.82) is 0 Å². The van der Waals surface area contributed by atoms with Gasteiger partial charge in [-0.15, -0.1) is 0 Å². The van der Waals surface area contributed by atoms with Crippen LogP contribution in [0.3, 0.4) is 0 Å². The van der Waals surface area contributed by atoms with Gasteiger partial charge in [0.05, 0.1) is 0 Å². The van der Waals surface area contributed by atoms with Gasteiger partial charge in [-0.1, -0.05) is 0 Å². The SMILES string of the molecule is CC(C)Nc1nccn1C(C)Cc1ccsc1. The molecule has 1 unspecified atom stereocenters. The topological polar surface area (TPSA) is 29.9 Å². The van der Waals surface area contributed by atoms with Gasteiger partial charge in [-0.2, -0.15) is 11.3 Å². The second-order valence-corrected chi connectivity index (χ2v) is 5.42. The minimum atomic E-state index is 0.407. The molecule has 4 heteroatoms. The molecule has 2 rings (SSSR count). The van der Waals surface area contributed by atoms with Gasteiger partial charge >= 0.3 is 0 Å². The van der Waals surface area contributed by atoms with Crippen molar-refractivity contribution in [3.05, 3.63) is 34.8 Å². The van der Waals surface area contributed by atoms with Gasteiger partial charge in [-0.25, -0.2) is 4.98 Å². The predicted octanol–water partition coefficient (Wildman–Crippen LogP) is 3.57. The lowest BCUT2D eigenvalue weighted by Gasteiger charge is -2.18. The van der Waals surface area contributed by atoms with Crippen molar-refractivity contribution < 1.29 is 0 Å². The molecule has 92 valence electrons. The zero-order valence-electron chi connectivity index (χ0n) is 10.6. The van der Waals surface area contributed by atoms with E-state index in [1.165, 1.54) is 5.56 Å². The number of aromatic nitrogens is 2. The first-order chi connectivity index (χ1) is 8.16. The maximum absolute atomic E-state index is 4.36. The van der Waals surface area contributed by atoms with Crippen LogP contribution < -0.4 is 5.32 Å². The van der Waals surface area contributed by atoms with E-state index >= 15 is 0 Å². The lowest BCUT2D eigenvalue weighted by Crippen LogP contribution is -2.17. The summed E-state index contributed by atoms with van der Waals surface area (Å²) in [6, 6.07) is 3.02. The molecule has 0 saturated heterocycles. The van der Waals surface area contributed by atoms with Crippen LogP contribution in [-0.4, -0.2) is 15.6 Å². The van der Waals surface area contributed by atoms with Crippen LogP contribution in [0.1, 0.15) is 32.4 Å². The number of nitrogens with one attached hydrogen (secondary N) is 1. The Balaban J connectivity index is 2.08. The van der Waals surface area contributed by atoms with Gasteiger partial charge < -0.3 is 9.88 Å². The molecule has 1 N–H and O–H groups in total. The van der Waals surface area contributed by atoms with E-state index in [2.05, 4.69) is 52.5 Å². The molecule has 0 bridgehead atoms. The van der Waals surface area contributed by atoms with Gasteiger partial charge in [0.25, 0.3) is 0 Å². The second kappa shape index (κ2) is 5.36. The molecular formula is C13H19N3S. The van der Waals surface area contributed by atoms with Crippen molar-refractivity contribution in [2.24, 2.45) is 0 Å².